The number of carbonyl (C=O) groups excluding carboxylic acids is 1. The average Bonchev–Trinajstić information content (AvgIpc) is 1.60. The van der Waals surface area contributed by atoms with Gasteiger partial charge in [-0.2, -0.15) is 0 Å². The number of carbonyl (C=O) groups is 1. The predicted molar refractivity (Wildman–Crippen MR) is 35.9 cm³/mol. The number of rotatable bonds is 1. The molecule has 2 heteroatoms. The Bertz CT molecular complexity index is 149. The first-order chi connectivity index (χ1) is 4.22. The molecular formula is C7H11NO. The molecule has 0 saturated carbocycles. The van der Waals surface area contributed by atoms with Crippen LogP contribution in [0.2, 0.25) is 0 Å². The van der Waals surface area contributed by atoms with Gasteiger partial charge in [-0.1, -0.05) is 12.2 Å². The minimum Gasteiger partial charge on any atom is -0.348 e. The number of hydrogen-bond acceptors (Lipinski definition) is 1. The van der Waals surface area contributed by atoms with E-state index in [-0.39, 0.29) is 11.8 Å². The second-order valence-electron chi connectivity index (χ2n) is 2.50. The molecule has 0 aromatic heterocycles. The molecule has 0 aromatic carbocycles. The minimum atomic E-state index is 0.181. The third-order valence-corrected chi connectivity index (χ3v) is 1.52. The van der Waals surface area contributed by atoms with Crippen molar-refractivity contribution in [3.05, 3.63) is 12.2 Å². The highest BCUT2D eigenvalue weighted by Gasteiger charge is 2.20. The molecule has 0 bridgehead atoms. The van der Waals surface area contributed by atoms with E-state index in [0.717, 1.165) is 6.42 Å². The van der Waals surface area contributed by atoms with Crippen LogP contribution in [-0.4, -0.2) is 24.9 Å². The standard InChI is InChI=1S/C7H11NO/c1-8(2)7(9)6-4-3-5-6/h3-4,6H,5H2,1-2H3. The fraction of sp³-hybridized carbons (Fsp3) is 0.571. The Balaban J connectivity index is 2.43. The molecule has 9 heavy (non-hydrogen) atoms. The van der Waals surface area contributed by atoms with Crippen LogP contribution in [0.25, 0.3) is 0 Å². The van der Waals surface area contributed by atoms with Crippen molar-refractivity contribution in [2.24, 2.45) is 5.92 Å². The Kier molecular flexibility index (Phi) is 1.56. The molecule has 1 aliphatic carbocycles. The molecule has 0 N–H and O–H groups in total. The lowest BCUT2D eigenvalue weighted by Gasteiger charge is -2.20. The summed E-state index contributed by atoms with van der Waals surface area (Å²) in [4.78, 5) is 12.6. The Labute approximate surface area is 55.2 Å². The van der Waals surface area contributed by atoms with Gasteiger partial charge < -0.3 is 4.90 Å². The van der Waals surface area contributed by atoms with Gasteiger partial charge in [-0.05, 0) is 6.42 Å². The van der Waals surface area contributed by atoms with E-state index < -0.39 is 0 Å². The average molecular weight is 125 g/mol. The molecule has 50 valence electrons. The van der Waals surface area contributed by atoms with E-state index in [1.807, 2.05) is 12.2 Å². The van der Waals surface area contributed by atoms with Gasteiger partial charge in [0.1, 0.15) is 0 Å². The van der Waals surface area contributed by atoms with Crippen molar-refractivity contribution < 1.29 is 4.79 Å². The van der Waals surface area contributed by atoms with Gasteiger partial charge in [0.2, 0.25) is 5.91 Å². The maximum Gasteiger partial charge on any atom is 0.229 e. The van der Waals surface area contributed by atoms with Crippen LogP contribution in [-0.2, 0) is 4.79 Å². The van der Waals surface area contributed by atoms with Crippen molar-refractivity contribution >= 4 is 5.91 Å². The minimum absolute atomic E-state index is 0.181. The maximum absolute atomic E-state index is 11.0. The summed E-state index contributed by atoms with van der Waals surface area (Å²) < 4.78 is 0. The van der Waals surface area contributed by atoms with E-state index in [1.165, 1.54) is 0 Å². The molecule has 1 rings (SSSR count). The van der Waals surface area contributed by atoms with Gasteiger partial charge in [-0.15, -0.1) is 0 Å². The van der Waals surface area contributed by atoms with E-state index in [1.54, 1.807) is 19.0 Å². The van der Waals surface area contributed by atoms with Crippen LogP contribution in [0.3, 0.4) is 0 Å². The molecule has 0 radical (unpaired) electrons. The van der Waals surface area contributed by atoms with Crippen LogP contribution in [0.4, 0.5) is 0 Å². The summed E-state index contributed by atoms with van der Waals surface area (Å²) >= 11 is 0. The number of nitrogens with zero attached hydrogens (tertiary/aromatic N) is 1. The van der Waals surface area contributed by atoms with Gasteiger partial charge in [0.05, 0.1) is 5.92 Å². The van der Waals surface area contributed by atoms with E-state index in [2.05, 4.69) is 0 Å². The topological polar surface area (TPSA) is 20.3 Å². The van der Waals surface area contributed by atoms with Gasteiger partial charge >= 0.3 is 0 Å². The number of allylic oxidation sites excluding steroid dienone is 1. The normalized spacial score (nSPS) is 23.1. The summed E-state index contributed by atoms with van der Waals surface area (Å²) in [6, 6.07) is 0. The fourth-order valence-corrected chi connectivity index (χ4v) is 0.787. The lowest BCUT2D eigenvalue weighted by Crippen LogP contribution is -2.30. The van der Waals surface area contributed by atoms with E-state index >= 15 is 0 Å². The highest BCUT2D eigenvalue weighted by Crippen LogP contribution is 2.17. The molecule has 2 nitrogen and oxygen atoms in total. The highest BCUT2D eigenvalue weighted by atomic mass is 16.2. The molecule has 1 atom stereocenters. The highest BCUT2D eigenvalue weighted by molar-refractivity contribution is 5.81. The zero-order chi connectivity index (χ0) is 6.85. The molecule has 1 unspecified atom stereocenters. The van der Waals surface area contributed by atoms with Crippen LogP contribution in [0.15, 0.2) is 12.2 Å². The van der Waals surface area contributed by atoms with Gasteiger partial charge in [0.15, 0.2) is 0 Å². The summed E-state index contributed by atoms with van der Waals surface area (Å²) in [5, 5.41) is 0. The molecule has 1 amide bonds. The van der Waals surface area contributed by atoms with E-state index in [4.69, 9.17) is 0 Å². The SMILES string of the molecule is CN(C)C(=O)C1C=CC1. The smallest absolute Gasteiger partial charge is 0.229 e. The third kappa shape index (κ3) is 1.12. The molecule has 0 heterocycles. The largest absolute Gasteiger partial charge is 0.348 e. The first-order valence-electron chi connectivity index (χ1n) is 3.09. The molecule has 0 saturated heterocycles. The molecule has 0 fully saturated rings. The Hall–Kier alpha value is -0.790. The van der Waals surface area contributed by atoms with Crippen LogP contribution < -0.4 is 0 Å². The van der Waals surface area contributed by atoms with Crippen LogP contribution >= 0.6 is 0 Å². The number of hydrogen-bond donors (Lipinski definition) is 0. The van der Waals surface area contributed by atoms with Crippen molar-refractivity contribution in [1.29, 1.82) is 0 Å². The first kappa shape index (κ1) is 6.33. The summed E-state index contributed by atoms with van der Waals surface area (Å²) in [6.45, 7) is 0. The van der Waals surface area contributed by atoms with Crippen molar-refractivity contribution in [3.63, 3.8) is 0 Å². The molecular weight excluding hydrogens is 114 g/mol. The van der Waals surface area contributed by atoms with Crippen molar-refractivity contribution in [2.45, 2.75) is 6.42 Å². The zero-order valence-corrected chi connectivity index (χ0v) is 5.79. The summed E-state index contributed by atoms with van der Waals surface area (Å²) in [5.41, 5.74) is 0. The first-order valence-corrected chi connectivity index (χ1v) is 3.09. The van der Waals surface area contributed by atoms with Crippen molar-refractivity contribution in [2.75, 3.05) is 14.1 Å². The lowest BCUT2D eigenvalue weighted by molar-refractivity contribution is -0.131. The van der Waals surface area contributed by atoms with Gasteiger partial charge in [0.25, 0.3) is 0 Å². The number of amides is 1. The second-order valence-corrected chi connectivity index (χ2v) is 2.50. The molecule has 0 aromatic rings. The zero-order valence-electron chi connectivity index (χ0n) is 5.79. The molecule has 0 aliphatic heterocycles. The summed E-state index contributed by atoms with van der Waals surface area (Å²) in [6.07, 6.45) is 4.89. The van der Waals surface area contributed by atoms with Crippen LogP contribution in [0, 0.1) is 5.92 Å². The van der Waals surface area contributed by atoms with Crippen LogP contribution in [0.5, 0.6) is 0 Å². The molecule has 0 spiro atoms. The quantitative estimate of drug-likeness (QED) is 0.471. The monoisotopic (exact) mass is 125 g/mol. The van der Waals surface area contributed by atoms with E-state index in [0.29, 0.717) is 0 Å². The van der Waals surface area contributed by atoms with Crippen LogP contribution in [0.1, 0.15) is 6.42 Å². The van der Waals surface area contributed by atoms with Gasteiger partial charge in [-0.3, -0.25) is 4.79 Å². The van der Waals surface area contributed by atoms with Gasteiger partial charge in [-0.25, -0.2) is 0 Å². The summed E-state index contributed by atoms with van der Waals surface area (Å²) in [7, 11) is 3.57. The summed E-state index contributed by atoms with van der Waals surface area (Å²) in [5.74, 6) is 0.400. The van der Waals surface area contributed by atoms with Crippen molar-refractivity contribution in [3.8, 4) is 0 Å². The predicted octanol–water partition coefficient (Wildman–Crippen LogP) is 0.651. The Morgan fingerprint density at radius 2 is 2.22 bits per heavy atom. The van der Waals surface area contributed by atoms with Gasteiger partial charge in [0, 0.05) is 14.1 Å². The van der Waals surface area contributed by atoms with Crippen molar-refractivity contribution in [1.82, 2.24) is 4.90 Å². The Morgan fingerprint density at radius 1 is 1.67 bits per heavy atom. The second kappa shape index (κ2) is 2.21. The fourth-order valence-electron chi connectivity index (χ4n) is 0.787. The Morgan fingerprint density at radius 3 is 2.33 bits per heavy atom. The third-order valence-electron chi connectivity index (χ3n) is 1.52. The van der Waals surface area contributed by atoms with E-state index in [9.17, 15) is 4.79 Å². The lowest BCUT2D eigenvalue weighted by atomic mass is 9.94. The maximum atomic E-state index is 11.0. The molecule has 1 aliphatic rings.